The van der Waals surface area contributed by atoms with Crippen molar-refractivity contribution in [1.82, 2.24) is 0 Å². The summed E-state index contributed by atoms with van der Waals surface area (Å²) < 4.78 is 0. The Morgan fingerprint density at radius 3 is 2.59 bits per heavy atom. The van der Waals surface area contributed by atoms with Crippen LogP contribution in [-0.2, 0) is 0 Å². The van der Waals surface area contributed by atoms with E-state index >= 15 is 0 Å². The highest BCUT2D eigenvalue weighted by Crippen LogP contribution is 2.44. The van der Waals surface area contributed by atoms with Gasteiger partial charge in [-0.1, -0.05) is 62.6 Å². The van der Waals surface area contributed by atoms with E-state index < -0.39 is 0 Å². The third-order valence-electron chi connectivity index (χ3n) is 4.64. The summed E-state index contributed by atoms with van der Waals surface area (Å²) in [7, 11) is 0. The number of hydrogen-bond donors (Lipinski definition) is 0. The highest BCUT2D eigenvalue weighted by molar-refractivity contribution is 5.33. The monoisotopic (exact) mass is 230 g/mol. The van der Waals surface area contributed by atoms with Crippen molar-refractivity contribution in [1.29, 1.82) is 0 Å². The molecule has 0 radical (unpaired) electrons. The van der Waals surface area contributed by atoms with Gasteiger partial charge in [-0.3, -0.25) is 0 Å². The predicted octanol–water partition coefficient (Wildman–Crippen LogP) is 5.28. The second kappa shape index (κ2) is 4.84. The van der Waals surface area contributed by atoms with Gasteiger partial charge in [0.15, 0.2) is 0 Å². The van der Waals surface area contributed by atoms with Gasteiger partial charge < -0.3 is 0 Å². The van der Waals surface area contributed by atoms with Gasteiger partial charge in [-0.2, -0.15) is 0 Å². The fourth-order valence-electron chi connectivity index (χ4n) is 3.21. The Hall–Kier alpha value is -0.780. The second-order valence-corrected chi connectivity index (χ2v) is 6.03. The summed E-state index contributed by atoms with van der Waals surface area (Å²) in [5.41, 5.74) is 3.66. The van der Waals surface area contributed by atoms with E-state index in [0.29, 0.717) is 5.92 Å². The first-order valence-corrected chi connectivity index (χ1v) is 7.17. The molecule has 0 saturated heterocycles. The van der Waals surface area contributed by atoms with Gasteiger partial charge in [-0.05, 0) is 32.1 Å². The summed E-state index contributed by atoms with van der Waals surface area (Å²) >= 11 is 0. The van der Waals surface area contributed by atoms with Crippen molar-refractivity contribution in [2.75, 3.05) is 0 Å². The Morgan fingerprint density at radius 1 is 1.24 bits per heavy atom. The first kappa shape index (κ1) is 12.7. The highest BCUT2D eigenvalue weighted by Gasteiger charge is 2.31. The van der Waals surface area contributed by atoms with E-state index in [0.717, 1.165) is 5.92 Å². The van der Waals surface area contributed by atoms with Gasteiger partial charge in [0.25, 0.3) is 0 Å². The summed E-state index contributed by atoms with van der Waals surface area (Å²) in [5, 5.41) is 0. The van der Waals surface area contributed by atoms with Gasteiger partial charge >= 0.3 is 0 Å². The summed E-state index contributed by atoms with van der Waals surface area (Å²) in [5.74, 6) is 1.43. The fourth-order valence-corrected chi connectivity index (χ4v) is 3.21. The standard InChI is InChI=1S/C17H26/c1-5-7-15-13(3)12-14-8-10-17(4,6-2)11-9-16(14)15/h8-11,14,16H,5-7,12H2,1-4H3. The number of hydrogen-bond acceptors (Lipinski definition) is 0. The van der Waals surface area contributed by atoms with Crippen LogP contribution in [0.5, 0.6) is 0 Å². The van der Waals surface area contributed by atoms with E-state index in [9.17, 15) is 0 Å². The average molecular weight is 230 g/mol. The van der Waals surface area contributed by atoms with Crippen LogP contribution in [0.25, 0.3) is 0 Å². The lowest BCUT2D eigenvalue weighted by Crippen LogP contribution is -2.06. The number of rotatable bonds is 3. The minimum Gasteiger partial charge on any atom is -0.0833 e. The van der Waals surface area contributed by atoms with Crippen molar-refractivity contribution in [2.24, 2.45) is 17.3 Å². The lowest BCUT2D eigenvalue weighted by Gasteiger charge is -2.18. The summed E-state index contributed by atoms with van der Waals surface area (Å²) in [6, 6.07) is 0. The van der Waals surface area contributed by atoms with E-state index in [4.69, 9.17) is 0 Å². The molecule has 0 saturated carbocycles. The maximum Gasteiger partial charge on any atom is 0.00455 e. The van der Waals surface area contributed by atoms with Crippen LogP contribution in [0.15, 0.2) is 35.5 Å². The Bertz CT molecular complexity index is 369. The summed E-state index contributed by atoms with van der Waals surface area (Å²) in [6.07, 6.45) is 14.9. The van der Waals surface area contributed by atoms with Crippen LogP contribution in [0, 0.1) is 17.3 Å². The molecule has 0 aromatic heterocycles. The van der Waals surface area contributed by atoms with Gasteiger partial charge in [-0.15, -0.1) is 0 Å². The Labute approximate surface area is 106 Å². The minimum atomic E-state index is 0.287. The smallest absolute Gasteiger partial charge is 0.00455 e. The molecule has 2 rings (SSSR count). The Balaban J connectivity index is 2.26. The van der Waals surface area contributed by atoms with Crippen LogP contribution >= 0.6 is 0 Å². The number of allylic oxidation sites excluding steroid dienone is 6. The molecule has 0 fully saturated rings. The summed E-state index contributed by atoms with van der Waals surface area (Å²) in [6.45, 7) is 9.25. The van der Waals surface area contributed by atoms with Crippen molar-refractivity contribution in [3.05, 3.63) is 35.5 Å². The van der Waals surface area contributed by atoms with Gasteiger partial charge in [0.1, 0.15) is 0 Å². The molecule has 0 N–H and O–H groups in total. The van der Waals surface area contributed by atoms with Crippen LogP contribution in [0.3, 0.4) is 0 Å². The molecule has 2 aliphatic rings. The molecule has 0 heteroatoms. The molecule has 0 spiro atoms. The highest BCUT2D eigenvalue weighted by atomic mass is 14.4. The first-order chi connectivity index (χ1) is 8.09. The Morgan fingerprint density at radius 2 is 1.94 bits per heavy atom. The van der Waals surface area contributed by atoms with Crippen molar-refractivity contribution >= 4 is 0 Å². The van der Waals surface area contributed by atoms with Gasteiger partial charge in [-0.25, -0.2) is 0 Å². The third kappa shape index (κ3) is 2.41. The fraction of sp³-hybridized carbons (Fsp3) is 0.647. The van der Waals surface area contributed by atoms with Crippen LogP contribution in [0.4, 0.5) is 0 Å². The largest absolute Gasteiger partial charge is 0.0833 e. The summed E-state index contributed by atoms with van der Waals surface area (Å²) in [4.78, 5) is 0. The van der Waals surface area contributed by atoms with E-state index in [1.807, 2.05) is 0 Å². The molecule has 0 nitrogen and oxygen atoms in total. The van der Waals surface area contributed by atoms with Gasteiger partial charge in [0, 0.05) is 11.3 Å². The maximum atomic E-state index is 2.50. The first-order valence-electron chi connectivity index (χ1n) is 7.17. The molecule has 3 atom stereocenters. The molecule has 0 aliphatic heterocycles. The van der Waals surface area contributed by atoms with Crippen LogP contribution in [-0.4, -0.2) is 0 Å². The second-order valence-electron chi connectivity index (χ2n) is 6.03. The lowest BCUT2D eigenvalue weighted by molar-refractivity contribution is 0.529. The molecule has 0 aromatic rings. The maximum absolute atomic E-state index is 2.50. The lowest BCUT2D eigenvalue weighted by atomic mass is 9.86. The molecule has 0 aromatic carbocycles. The van der Waals surface area contributed by atoms with Crippen molar-refractivity contribution in [2.45, 2.75) is 53.4 Å². The minimum absolute atomic E-state index is 0.287. The van der Waals surface area contributed by atoms with Crippen LogP contribution in [0.2, 0.25) is 0 Å². The average Bonchev–Trinajstić information content (AvgIpc) is 2.51. The van der Waals surface area contributed by atoms with E-state index in [2.05, 4.69) is 52.0 Å². The van der Waals surface area contributed by atoms with E-state index in [1.165, 1.54) is 25.7 Å². The molecule has 3 unspecified atom stereocenters. The van der Waals surface area contributed by atoms with E-state index in [-0.39, 0.29) is 5.41 Å². The molecule has 17 heavy (non-hydrogen) atoms. The zero-order valence-electron chi connectivity index (χ0n) is 11.8. The van der Waals surface area contributed by atoms with Crippen LogP contribution in [0.1, 0.15) is 53.4 Å². The van der Waals surface area contributed by atoms with Gasteiger partial charge in [0.2, 0.25) is 0 Å². The van der Waals surface area contributed by atoms with Crippen molar-refractivity contribution in [3.63, 3.8) is 0 Å². The topological polar surface area (TPSA) is 0 Å². The van der Waals surface area contributed by atoms with Crippen molar-refractivity contribution in [3.8, 4) is 0 Å². The molecule has 2 aliphatic carbocycles. The molecule has 0 heterocycles. The number of fused-ring (bicyclic) bond motifs is 1. The van der Waals surface area contributed by atoms with Crippen LogP contribution < -0.4 is 0 Å². The SMILES string of the molecule is CCCC1=C(C)CC2C=CC(C)(CC)C=CC12. The molecule has 0 bridgehead atoms. The predicted molar refractivity (Wildman–Crippen MR) is 75.9 cm³/mol. The molecule has 0 amide bonds. The quantitative estimate of drug-likeness (QED) is 0.578. The van der Waals surface area contributed by atoms with E-state index in [1.54, 1.807) is 11.1 Å². The zero-order chi connectivity index (χ0) is 12.5. The molecular formula is C17H26. The van der Waals surface area contributed by atoms with Crippen molar-refractivity contribution < 1.29 is 0 Å². The normalized spacial score (nSPS) is 36.2. The molecule has 94 valence electrons. The Kier molecular flexibility index (Phi) is 3.61. The zero-order valence-corrected chi connectivity index (χ0v) is 11.8. The third-order valence-corrected chi connectivity index (χ3v) is 4.64. The molecular weight excluding hydrogens is 204 g/mol. The van der Waals surface area contributed by atoms with Gasteiger partial charge in [0.05, 0.1) is 0 Å².